The van der Waals surface area contributed by atoms with E-state index >= 15 is 0 Å². The summed E-state index contributed by atoms with van der Waals surface area (Å²) in [4.78, 5) is 14.7. The van der Waals surface area contributed by atoms with E-state index in [1.807, 2.05) is 4.90 Å². The lowest BCUT2D eigenvalue weighted by Crippen LogP contribution is -2.51. The van der Waals surface area contributed by atoms with Gasteiger partial charge in [-0.1, -0.05) is 12.1 Å². The monoisotopic (exact) mass is 392 g/mol. The van der Waals surface area contributed by atoms with Crippen LogP contribution >= 0.6 is 0 Å². The number of ether oxygens (including phenoxy) is 1. The molecular weight excluding hydrogens is 368 g/mol. The third-order valence-corrected chi connectivity index (χ3v) is 6.08. The number of nitrogens with one attached hydrogen (secondary N) is 1. The molecule has 0 unspecified atom stereocenters. The van der Waals surface area contributed by atoms with Gasteiger partial charge in [-0.15, -0.1) is 0 Å². The zero-order chi connectivity index (χ0) is 19.8. The molecule has 7 heteroatoms. The lowest BCUT2D eigenvalue weighted by Gasteiger charge is -2.46. The molecule has 0 atom stereocenters. The number of methoxy groups -OCH3 is 1. The summed E-state index contributed by atoms with van der Waals surface area (Å²) in [5.41, 5.74) is 3.47. The number of fused-ring (bicyclic) bond motifs is 4. The highest BCUT2D eigenvalue weighted by atomic mass is 16.5. The Balaban J connectivity index is 1.26. The van der Waals surface area contributed by atoms with Gasteiger partial charge in [-0.3, -0.25) is 4.79 Å². The molecular formula is C22H24N4O3. The molecule has 2 aliphatic rings. The molecule has 1 saturated heterocycles. The molecule has 0 radical (unpaired) electrons. The van der Waals surface area contributed by atoms with E-state index in [0.717, 1.165) is 31.6 Å². The maximum absolute atomic E-state index is 12.7. The van der Waals surface area contributed by atoms with Crippen LogP contribution in [0.4, 0.5) is 5.69 Å². The van der Waals surface area contributed by atoms with Gasteiger partial charge in [-0.25, -0.2) is 0 Å². The lowest BCUT2D eigenvalue weighted by atomic mass is 9.82. The number of carbonyl (C=O) groups excluding carboxylic acids is 1. The van der Waals surface area contributed by atoms with Crippen molar-refractivity contribution in [2.45, 2.75) is 31.2 Å². The van der Waals surface area contributed by atoms with E-state index in [2.05, 4.69) is 57.6 Å². The molecule has 1 amide bonds. The van der Waals surface area contributed by atoms with E-state index in [9.17, 15) is 4.79 Å². The minimum Gasteiger partial charge on any atom is -0.479 e. The summed E-state index contributed by atoms with van der Waals surface area (Å²) < 4.78 is 12.5. The van der Waals surface area contributed by atoms with Gasteiger partial charge in [0.15, 0.2) is 0 Å². The van der Waals surface area contributed by atoms with Gasteiger partial charge in [0.25, 0.3) is 5.88 Å². The molecule has 29 heavy (non-hydrogen) atoms. The zero-order valence-electron chi connectivity index (χ0n) is 16.4. The van der Waals surface area contributed by atoms with E-state index in [0.29, 0.717) is 24.5 Å². The Hall–Kier alpha value is -3.22. The molecule has 2 aliphatic heterocycles. The van der Waals surface area contributed by atoms with Crippen LogP contribution in [-0.4, -0.2) is 40.7 Å². The highest BCUT2D eigenvalue weighted by Gasteiger charge is 2.42. The maximum atomic E-state index is 12.7. The van der Waals surface area contributed by atoms with Crippen LogP contribution in [0.15, 0.2) is 53.2 Å². The Labute approximate surface area is 169 Å². The SMILES string of the molecule is COc1cc(CCC(=O)N2CCC3(CC2)Nc2ccccc2-n2cccc23)on1. The first kappa shape index (κ1) is 17.8. The summed E-state index contributed by atoms with van der Waals surface area (Å²) in [6.07, 6.45) is 4.84. The molecule has 0 saturated carbocycles. The molecule has 0 aliphatic carbocycles. The molecule has 3 aromatic rings. The molecule has 150 valence electrons. The number of benzene rings is 1. The summed E-state index contributed by atoms with van der Waals surface area (Å²) in [6, 6.07) is 14.4. The van der Waals surface area contributed by atoms with Gasteiger partial charge in [-0.05, 0) is 42.3 Å². The van der Waals surface area contributed by atoms with Gasteiger partial charge in [0.05, 0.1) is 24.0 Å². The maximum Gasteiger partial charge on any atom is 0.254 e. The fourth-order valence-electron chi connectivity index (χ4n) is 4.51. The number of carbonyl (C=O) groups is 1. The van der Waals surface area contributed by atoms with Crippen LogP contribution in [-0.2, 0) is 16.8 Å². The second-order valence-corrected chi connectivity index (χ2v) is 7.70. The summed E-state index contributed by atoms with van der Waals surface area (Å²) in [7, 11) is 1.55. The second-order valence-electron chi connectivity index (χ2n) is 7.70. The predicted octanol–water partition coefficient (Wildman–Crippen LogP) is 3.35. The topological polar surface area (TPSA) is 72.5 Å². The van der Waals surface area contributed by atoms with Gasteiger partial charge in [-0.2, -0.15) is 0 Å². The van der Waals surface area contributed by atoms with Crippen molar-refractivity contribution in [1.82, 2.24) is 14.6 Å². The minimum absolute atomic E-state index is 0.132. The summed E-state index contributed by atoms with van der Waals surface area (Å²) >= 11 is 0. The number of hydrogen-bond donors (Lipinski definition) is 1. The van der Waals surface area contributed by atoms with Crippen molar-refractivity contribution in [1.29, 1.82) is 0 Å². The number of anilines is 1. The Morgan fingerprint density at radius 3 is 2.86 bits per heavy atom. The van der Waals surface area contributed by atoms with Crippen molar-refractivity contribution in [3.8, 4) is 11.6 Å². The van der Waals surface area contributed by atoms with Crippen LogP contribution in [0.3, 0.4) is 0 Å². The largest absolute Gasteiger partial charge is 0.479 e. The molecule has 1 spiro atoms. The molecule has 4 heterocycles. The van der Waals surface area contributed by atoms with Gasteiger partial charge in [0.1, 0.15) is 5.76 Å². The van der Waals surface area contributed by atoms with E-state index in [4.69, 9.17) is 9.26 Å². The molecule has 1 aromatic carbocycles. The highest BCUT2D eigenvalue weighted by Crippen LogP contribution is 2.43. The number of rotatable bonds is 4. The van der Waals surface area contributed by atoms with Crippen molar-refractivity contribution >= 4 is 11.6 Å². The van der Waals surface area contributed by atoms with Gasteiger partial charge < -0.3 is 24.0 Å². The molecule has 7 nitrogen and oxygen atoms in total. The van der Waals surface area contributed by atoms with Crippen molar-refractivity contribution in [2.24, 2.45) is 0 Å². The predicted molar refractivity (Wildman–Crippen MR) is 108 cm³/mol. The van der Waals surface area contributed by atoms with Crippen molar-refractivity contribution in [2.75, 3.05) is 25.5 Å². The summed E-state index contributed by atoms with van der Waals surface area (Å²) in [6.45, 7) is 1.47. The van der Waals surface area contributed by atoms with Crippen LogP contribution in [0.1, 0.15) is 30.7 Å². The first-order valence-electron chi connectivity index (χ1n) is 10.0. The summed E-state index contributed by atoms with van der Waals surface area (Å²) in [5, 5.41) is 7.57. The number of aryl methyl sites for hydroxylation is 1. The standard InChI is InChI=1S/C22H24N4O3/c1-28-20-15-16(29-24-20)8-9-21(27)25-13-10-22(11-14-25)19-7-4-12-26(19)18-6-3-2-5-17(18)23-22/h2-7,12,15,23H,8-11,13-14H2,1H3. The first-order valence-corrected chi connectivity index (χ1v) is 10.0. The van der Waals surface area contributed by atoms with Crippen LogP contribution in [0.5, 0.6) is 5.88 Å². The van der Waals surface area contributed by atoms with Crippen LogP contribution < -0.4 is 10.1 Å². The average molecular weight is 392 g/mol. The molecule has 1 fully saturated rings. The number of para-hydroxylation sites is 2. The number of amides is 1. The Morgan fingerprint density at radius 2 is 2.07 bits per heavy atom. The number of likely N-dealkylation sites (tertiary alicyclic amines) is 1. The van der Waals surface area contributed by atoms with Crippen molar-refractivity contribution in [3.63, 3.8) is 0 Å². The van der Waals surface area contributed by atoms with Crippen LogP contribution in [0, 0.1) is 0 Å². The Bertz CT molecular complexity index is 1030. The zero-order valence-corrected chi connectivity index (χ0v) is 16.4. The number of piperidine rings is 1. The lowest BCUT2D eigenvalue weighted by molar-refractivity contribution is -0.132. The smallest absolute Gasteiger partial charge is 0.254 e. The third-order valence-electron chi connectivity index (χ3n) is 6.08. The van der Waals surface area contributed by atoms with E-state index < -0.39 is 0 Å². The van der Waals surface area contributed by atoms with E-state index in [1.165, 1.54) is 11.4 Å². The Kier molecular flexibility index (Phi) is 4.30. The quantitative estimate of drug-likeness (QED) is 0.737. The fourth-order valence-corrected chi connectivity index (χ4v) is 4.51. The number of aromatic nitrogens is 2. The van der Waals surface area contributed by atoms with Crippen molar-refractivity contribution in [3.05, 3.63) is 60.1 Å². The van der Waals surface area contributed by atoms with E-state index in [-0.39, 0.29) is 11.4 Å². The van der Waals surface area contributed by atoms with Crippen LogP contribution in [0.25, 0.3) is 5.69 Å². The fraction of sp³-hybridized carbons (Fsp3) is 0.364. The van der Waals surface area contributed by atoms with Crippen LogP contribution in [0.2, 0.25) is 0 Å². The average Bonchev–Trinajstić information content (AvgIpc) is 3.43. The molecule has 0 bridgehead atoms. The summed E-state index contributed by atoms with van der Waals surface area (Å²) in [5.74, 6) is 1.27. The van der Waals surface area contributed by atoms with E-state index in [1.54, 1.807) is 13.2 Å². The first-order chi connectivity index (χ1) is 14.2. The highest BCUT2D eigenvalue weighted by molar-refractivity contribution is 5.76. The van der Waals surface area contributed by atoms with Gasteiger partial charge in [0.2, 0.25) is 5.91 Å². The number of hydrogen-bond acceptors (Lipinski definition) is 5. The van der Waals surface area contributed by atoms with Gasteiger partial charge in [0, 0.05) is 43.9 Å². The second kappa shape index (κ2) is 6.99. The molecule has 1 N–H and O–H groups in total. The third kappa shape index (κ3) is 3.06. The molecule has 5 rings (SSSR count). The Morgan fingerprint density at radius 1 is 1.24 bits per heavy atom. The van der Waals surface area contributed by atoms with Gasteiger partial charge >= 0.3 is 0 Å². The van der Waals surface area contributed by atoms with Crippen molar-refractivity contribution < 1.29 is 14.1 Å². The number of nitrogens with zero attached hydrogens (tertiary/aromatic N) is 3. The normalized spacial score (nSPS) is 16.8. The minimum atomic E-state index is -0.132. The molecule has 2 aromatic heterocycles.